The average molecular weight is 994 g/mol. The number of pyridine rings is 1. The molecule has 2 saturated heterocycles. The van der Waals surface area contributed by atoms with Gasteiger partial charge in [-0.1, -0.05) is 51.5 Å². The van der Waals surface area contributed by atoms with Gasteiger partial charge in [-0.25, -0.2) is 17.5 Å². The summed E-state index contributed by atoms with van der Waals surface area (Å²) < 4.78 is 63.5. The maximum Gasteiger partial charge on any atom is 0.297 e. The normalized spacial score (nSPS) is 24.4. The Hall–Kier alpha value is -5.98. The molecule has 0 radical (unpaired) electrons. The number of aromatic nitrogens is 2. The van der Waals surface area contributed by atoms with Crippen LogP contribution in [0.25, 0.3) is 11.0 Å². The van der Waals surface area contributed by atoms with E-state index in [4.69, 9.17) is 14.2 Å². The Kier molecular flexibility index (Phi) is 12.7. The van der Waals surface area contributed by atoms with Crippen molar-refractivity contribution in [3.8, 4) is 23.1 Å². The first-order valence-electron chi connectivity index (χ1n) is 25.0. The minimum absolute atomic E-state index is 0.00118. The number of anilines is 2. The van der Waals surface area contributed by atoms with E-state index in [-0.39, 0.29) is 81.4 Å². The van der Waals surface area contributed by atoms with Crippen molar-refractivity contribution in [2.45, 2.75) is 126 Å². The highest BCUT2D eigenvalue weighted by Crippen LogP contribution is 2.50. The van der Waals surface area contributed by atoms with E-state index in [0.29, 0.717) is 37.6 Å². The number of nitrogens with one attached hydrogen (secondary N) is 3. The van der Waals surface area contributed by atoms with Gasteiger partial charge in [-0.2, -0.15) is 4.98 Å². The lowest BCUT2D eigenvalue weighted by Gasteiger charge is -2.57. The minimum atomic E-state index is -4.76. The van der Waals surface area contributed by atoms with Gasteiger partial charge in [0.25, 0.3) is 27.5 Å². The third kappa shape index (κ3) is 9.62. The van der Waals surface area contributed by atoms with Crippen LogP contribution in [0.15, 0.2) is 71.8 Å². The standard InChI is InChI=1S/C53H64FN7O9S/c1-6-68-50-46(27-38-40(54)28-55-48(38)57-50)70-44-24-33(59-22-20-53(21-23-59)30-60(31-53)42-13-9-11-36(42)35-10-7-8-12-39(35)51(2,3)4)14-15-37(44)49(62)58-71(66,67)34-25-43(61(64)65)47-45(26-34)69-29-41(56-47)32-16-18-52(5,63)19-17-32/h7-8,10,12,14-15,24-28,32,36,41-42,56,63H,6,9,11,13,16-23,29-31H2,1-5H3,(H,55,57)(H,58,62)/t32?,36-,41-,42-,52?/m1/s1. The molecule has 4 N–H and O–H groups in total. The fourth-order valence-electron chi connectivity index (χ4n) is 11.9. The quantitative estimate of drug-likeness (QED) is 0.0681. The fourth-order valence-corrected chi connectivity index (χ4v) is 12.9. The van der Waals surface area contributed by atoms with Crippen molar-refractivity contribution in [2.75, 3.05) is 49.6 Å². The van der Waals surface area contributed by atoms with Crippen molar-refractivity contribution in [3.05, 3.63) is 99.5 Å². The molecule has 2 saturated carbocycles. The second-order valence-electron chi connectivity index (χ2n) is 21.8. The number of amides is 1. The van der Waals surface area contributed by atoms with Crippen LogP contribution in [-0.4, -0.2) is 96.3 Å². The van der Waals surface area contributed by atoms with Crippen LogP contribution in [0.5, 0.6) is 23.1 Å². The number of halogens is 1. The monoisotopic (exact) mass is 993 g/mol. The lowest BCUT2D eigenvalue weighted by Crippen LogP contribution is -2.63. The number of aromatic amines is 1. The summed E-state index contributed by atoms with van der Waals surface area (Å²) in [5.74, 6) is -1.09. The molecule has 1 amide bonds. The summed E-state index contributed by atoms with van der Waals surface area (Å²) in [6.45, 7) is 14.4. The summed E-state index contributed by atoms with van der Waals surface area (Å²) in [5, 5.41) is 26.3. The van der Waals surface area contributed by atoms with Gasteiger partial charge in [-0.15, -0.1) is 0 Å². The molecule has 3 aromatic carbocycles. The summed E-state index contributed by atoms with van der Waals surface area (Å²) >= 11 is 0. The van der Waals surface area contributed by atoms with Gasteiger partial charge in [0, 0.05) is 68.4 Å². The van der Waals surface area contributed by atoms with E-state index in [1.165, 1.54) is 42.5 Å². The van der Waals surface area contributed by atoms with Crippen molar-refractivity contribution in [3.63, 3.8) is 0 Å². The number of carbonyl (C=O) groups excluding carboxylic acids is 1. The number of nitro benzene ring substituents is 1. The highest BCUT2D eigenvalue weighted by Gasteiger charge is 2.50. The van der Waals surface area contributed by atoms with Crippen LogP contribution in [0, 0.1) is 27.3 Å². The Balaban J connectivity index is 0.889. The number of nitrogens with zero attached hydrogens (tertiary/aromatic N) is 4. The van der Waals surface area contributed by atoms with Crippen LogP contribution in [0.3, 0.4) is 0 Å². The Morgan fingerprint density at radius 3 is 2.49 bits per heavy atom. The van der Waals surface area contributed by atoms with Crippen LogP contribution in [0.2, 0.25) is 0 Å². The van der Waals surface area contributed by atoms with Crippen molar-refractivity contribution in [1.29, 1.82) is 0 Å². The number of hydrogen-bond acceptors (Lipinski definition) is 13. The molecule has 16 nitrogen and oxygen atoms in total. The first-order chi connectivity index (χ1) is 33.8. The highest BCUT2D eigenvalue weighted by atomic mass is 32.2. The number of hydrogen-bond donors (Lipinski definition) is 4. The number of fused-ring (bicyclic) bond motifs is 2. The molecule has 5 heterocycles. The van der Waals surface area contributed by atoms with Crippen LogP contribution in [-0.2, 0) is 15.4 Å². The summed E-state index contributed by atoms with van der Waals surface area (Å²) in [6.07, 6.45) is 9.27. The molecule has 2 aromatic heterocycles. The van der Waals surface area contributed by atoms with E-state index in [0.717, 1.165) is 63.0 Å². The molecule has 0 bridgehead atoms. The van der Waals surface area contributed by atoms with E-state index < -0.39 is 42.9 Å². The molecule has 5 aromatic rings. The third-order valence-corrected chi connectivity index (χ3v) is 17.2. The maximum atomic E-state index is 15.0. The molecule has 378 valence electrons. The topological polar surface area (TPSA) is 201 Å². The van der Waals surface area contributed by atoms with Crippen molar-refractivity contribution in [1.82, 2.24) is 19.6 Å². The molecule has 71 heavy (non-hydrogen) atoms. The molecule has 10 rings (SSSR count). The first-order valence-corrected chi connectivity index (χ1v) is 26.5. The average Bonchev–Trinajstić information content (AvgIpc) is 3.96. The number of likely N-dealkylation sites (tertiary alicyclic amines) is 1. The number of benzene rings is 3. The number of ether oxygens (including phenoxy) is 3. The van der Waals surface area contributed by atoms with Gasteiger partial charge in [0.1, 0.15) is 23.8 Å². The van der Waals surface area contributed by atoms with E-state index >= 15 is 0 Å². The zero-order valence-corrected chi connectivity index (χ0v) is 41.9. The minimum Gasteiger partial charge on any atom is -0.489 e. The van der Waals surface area contributed by atoms with Crippen molar-refractivity contribution < 1.29 is 41.8 Å². The van der Waals surface area contributed by atoms with Crippen molar-refractivity contribution in [2.24, 2.45) is 11.3 Å². The molecule has 1 spiro atoms. The van der Waals surface area contributed by atoms with Gasteiger partial charge in [0.15, 0.2) is 17.2 Å². The van der Waals surface area contributed by atoms with Gasteiger partial charge in [-0.05, 0) is 111 Å². The number of nitro groups is 1. The molecule has 4 fully saturated rings. The zero-order valence-electron chi connectivity index (χ0n) is 41.1. The van der Waals surface area contributed by atoms with E-state index in [2.05, 4.69) is 74.8 Å². The maximum absolute atomic E-state index is 15.0. The van der Waals surface area contributed by atoms with Crippen LogP contribution in [0.4, 0.5) is 21.5 Å². The summed E-state index contributed by atoms with van der Waals surface area (Å²) in [4.78, 5) is 37.7. The van der Waals surface area contributed by atoms with E-state index in [1.807, 2.05) is 0 Å². The zero-order chi connectivity index (χ0) is 50.0. The Labute approximate surface area is 413 Å². The van der Waals surface area contributed by atoms with Gasteiger partial charge < -0.3 is 34.5 Å². The van der Waals surface area contributed by atoms with Crippen LogP contribution >= 0.6 is 0 Å². The number of rotatable bonds is 12. The summed E-state index contributed by atoms with van der Waals surface area (Å²) in [7, 11) is -4.76. The summed E-state index contributed by atoms with van der Waals surface area (Å²) in [5.41, 5.74) is 2.74. The van der Waals surface area contributed by atoms with Gasteiger partial charge >= 0.3 is 0 Å². The lowest BCUT2D eigenvalue weighted by molar-refractivity contribution is -0.384. The van der Waals surface area contributed by atoms with E-state index in [1.54, 1.807) is 26.0 Å². The smallest absolute Gasteiger partial charge is 0.297 e. The Morgan fingerprint density at radius 2 is 1.77 bits per heavy atom. The molecular weight excluding hydrogens is 930 g/mol. The molecule has 3 aliphatic heterocycles. The molecular formula is C53H64FN7O9S. The van der Waals surface area contributed by atoms with Crippen LogP contribution < -0.4 is 29.1 Å². The highest BCUT2D eigenvalue weighted by molar-refractivity contribution is 7.90. The number of aliphatic hydroxyl groups is 1. The van der Waals surface area contributed by atoms with Gasteiger partial charge in [0.05, 0.1) is 39.0 Å². The molecule has 18 heteroatoms. The van der Waals surface area contributed by atoms with Crippen LogP contribution in [0.1, 0.15) is 120 Å². The molecule has 0 unspecified atom stereocenters. The number of piperidine rings is 1. The Bertz CT molecular complexity index is 2970. The van der Waals surface area contributed by atoms with E-state index in [9.17, 15) is 32.8 Å². The number of sulfonamides is 1. The van der Waals surface area contributed by atoms with Gasteiger partial charge in [0.2, 0.25) is 0 Å². The number of carbonyl (C=O) groups is 1. The molecule has 3 atom stereocenters. The second-order valence-corrected chi connectivity index (χ2v) is 23.5. The fraction of sp³-hybridized carbons (Fsp3) is 0.509. The second kappa shape index (κ2) is 18.6. The molecule has 5 aliphatic rings. The predicted molar refractivity (Wildman–Crippen MR) is 268 cm³/mol. The predicted octanol–water partition coefficient (Wildman–Crippen LogP) is 9.57. The first kappa shape index (κ1) is 48.6. The lowest BCUT2D eigenvalue weighted by atomic mass is 9.70. The van der Waals surface area contributed by atoms with Crippen molar-refractivity contribution >= 4 is 44.0 Å². The number of H-pyrrole nitrogens is 1. The SMILES string of the molecule is CCOc1nc2[nH]cc(F)c2cc1Oc1cc(N2CCC3(CC2)CN([C@@H]2CCC[C@@H]2c2ccccc2C(C)(C)C)C3)ccc1C(=O)NS(=O)(=O)c1cc2c(c([N+](=O)[O-])c1)N[C@@H](C1CCC(C)(O)CC1)CO2. The largest absolute Gasteiger partial charge is 0.489 e. The van der Waals surface area contributed by atoms with Gasteiger partial charge in [-0.3, -0.25) is 19.8 Å². The molecule has 2 aliphatic carbocycles. The third-order valence-electron chi connectivity index (χ3n) is 15.9. The summed E-state index contributed by atoms with van der Waals surface area (Å²) in [6, 6.07) is 17.6. The Morgan fingerprint density at radius 1 is 1.03 bits per heavy atom.